The Balaban J connectivity index is 1.55. The molecule has 1 aromatic heterocycles. The van der Waals surface area contributed by atoms with Crippen molar-refractivity contribution in [1.82, 2.24) is 14.4 Å². The second-order valence-corrected chi connectivity index (χ2v) is 9.57. The van der Waals surface area contributed by atoms with Gasteiger partial charge >= 0.3 is 0 Å². The Kier molecular flexibility index (Phi) is 10.2. The number of amides is 2. The van der Waals surface area contributed by atoms with Gasteiger partial charge in [0.2, 0.25) is 5.91 Å². The van der Waals surface area contributed by atoms with E-state index in [1.165, 1.54) is 41.3 Å². The Morgan fingerprint density at radius 2 is 1.45 bits per heavy atom. The molecule has 208 valence electrons. The summed E-state index contributed by atoms with van der Waals surface area (Å²) in [5.41, 5.74) is 3.12. The highest BCUT2D eigenvalue weighted by atomic mass is 19.1. The highest BCUT2D eigenvalue weighted by molar-refractivity contribution is 5.96. The average Bonchev–Trinajstić information content (AvgIpc) is 3.40. The summed E-state index contributed by atoms with van der Waals surface area (Å²) in [6.45, 7) is 1.83. The molecule has 6 nitrogen and oxygen atoms in total. The van der Waals surface area contributed by atoms with Crippen LogP contribution in [0.1, 0.15) is 33.6 Å². The molecule has 0 aliphatic heterocycles. The first-order valence-corrected chi connectivity index (χ1v) is 13.2. The maximum atomic E-state index is 13.8. The molecule has 0 N–H and O–H groups in total. The van der Waals surface area contributed by atoms with E-state index in [1.807, 2.05) is 53.2 Å². The fourth-order valence-corrected chi connectivity index (χ4v) is 4.46. The van der Waals surface area contributed by atoms with E-state index in [9.17, 15) is 18.4 Å². The average molecular weight is 546 g/mol. The molecule has 1 heterocycles. The zero-order chi connectivity index (χ0) is 28.3. The normalized spacial score (nSPS) is 10.9. The first kappa shape index (κ1) is 28.7. The smallest absolute Gasteiger partial charge is 0.254 e. The molecular weight excluding hydrogens is 512 g/mol. The molecule has 0 atom stereocenters. The molecule has 3 aromatic carbocycles. The number of ether oxygens (including phenoxy) is 1. The summed E-state index contributed by atoms with van der Waals surface area (Å²) < 4.78 is 34.0. The lowest BCUT2D eigenvalue weighted by atomic mass is 10.1. The Bertz CT molecular complexity index is 1370. The van der Waals surface area contributed by atoms with Gasteiger partial charge in [-0.3, -0.25) is 9.59 Å². The van der Waals surface area contributed by atoms with Gasteiger partial charge in [0.1, 0.15) is 18.2 Å². The topological polar surface area (TPSA) is 54.8 Å². The van der Waals surface area contributed by atoms with Gasteiger partial charge in [0.25, 0.3) is 5.91 Å². The second-order valence-electron chi connectivity index (χ2n) is 9.57. The maximum Gasteiger partial charge on any atom is 0.254 e. The minimum atomic E-state index is -0.434. The minimum Gasteiger partial charge on any atom is -0.385 e. The van der Waals surface area contributed by atoms with Gasteiger partial charge in [0, 0.05) is 50.8 Å². The summed E-state index contributed by atoms with van der Waals surface area (Å²) in [6.07, 6.45) is 2.48. The summed E-state index contributed by atoms with van der Waals surface area (Å²) in [6, 6.07) is 25.2. The zero-order valence-electron chi connectivity index (χ0n) is 22.5. The lowest BCUT2D eigenvalue weighted by Gasteiger charge is -2.28. The number of rotatable bonds is 13. The van der Waals surface area contributed by atoms with Crippen molar-refractivity contribution in [3.05, 3.63) is 131 Å². The second kappa shape index (κ2) is 14.2. The molecule has 0 aliphatic carbocycles. The largest absolute Gasteiger partial charge is 0.385 e. The minimum absolute atomic E-state index is 0.134. The predicted octanol–water partition coefficient (Wildman–Crippen LogP) is 5.52. The van der Waals surface area contributed by atoms with Crippen molar-refractivity contribution in [2.24, 2.45) is 0 Å². The molecule has 0 saturated carbocycles. The van der Waals surface area contributed by atoms with Crippen LogP contribution in [0.3, 0.4) is 0 Å². The van der Waals surface area contributed by atoms with Gasteiger partial charge in [-0.05, 0) is 66.1 Å². The van der Waals surface area contributed by atoms with Gasteiger partial charge in [-0.2, -0.15) is 0 Å². The molecule has 0 unspecified atom stereocenters. The van der Waals surface area contributed by atoms with Crippen molar-refractivity contribution in [3.8, 4) is 0 Å². The maximum absolute atomic E-state index is 13.8. The van der Waals surface area contributed by atoms with Gasteiger partial charge in [-0.15, -0.1) is 0 Å². The van der Waals surface area contributed by atoms with E-state index in [0.29, 0.717) is 44.8 Å². The summed E-state index contributed by atoms with van der Waals surface area (Å²) in [7, 11) is 1.58. The fraction of sp³-hybridized carbons (Fsp3) is 0.250. The van der Waals surface area contributed by atoms with Gasteiger partial charge in [0.05, 0.1) is 6.54 Å². The molecule has 0 saturated heterocycles. The van der Waals surface area contributed by atoms with Gasteiger partial charge in [-0.1, -0.05) is 42.5 Å². The van der Waals surface area contributed by atoms with Crippen molar-refractivity contribution in [2.45, 2.75) is 26.1 Å². The van der Waals surface area contributed by atoms with Crippen LogP contribution in [-0.4, -0.2) is 53.0 Å². The standard InChI is InChI=1S/C32H33F2N3O3/c1-40-20-6-19-36(32(39)27-12-16-29(34)17-13-27)24-31(38)37(22-25-7-3-2-4-8-25)23-30-9-5-18-35(30)21-26-10-14-28(33)15-11-26/h2-5,7-18H,6,19-24H2,1H3. The number of hydrogen-bond acceptors (Lipinski definition) is 3. The number of hydrogen-bond donors (Lipinski definition) is 0. The van der Waals surface area contributed by atoms with Crippen LogP contribution in [0.15, 0.2) is 97.2 Å². The molecule has 2 amide bonds. The van der Waals surface area contributed by atoms with Crippen molar-refractivity contribution >= 4 is 11.8 Å². The van der Waals surface area contributed by atoms with Crippen molar-refractivity contribution in [1.29, 1.82) is 0 Å². The Morgan fingerprint density at radius 3 is 2.12 bits per heavy atom. The predicted molar refractivity (Wildman–Crippen MR) is 149 cm³/mol. The number of benzene rings is 3. The molecule has 0 radical (unpaired) electrons. The Labute approximate surface area is 233 Å². The molecule has 0 aliphatic rings. The van der Waals surface area contributed by atoms with E-state index in [0.717, 1.165) is 16.8 Å². The highest BCUT2D eigenvalue weighted by Crippen LogP contribution is 2.16. The van der Waals surface area contributed by atoms with E-state index in [-0.39, 0.29) is 24.2 Å². The summed E-state index contributed by atoms with van der Waals surface area (Å²) >= 11 is 0. The first-order valence-electron chi connectivity index (χ1n) is 13.2. The van der Waals surface area contributed by atoms with Gasteiger partial charge in [-0.25, -0.2) is 8.78 Å². The van der Waals surface area contributed by atoms with Crippen LogP contribution < -0.4 is 0 Å². The Morgan fingerprint density at radius 1 is 0.775 bits per heavy atom. The molecule has 40 heavy (non-hydrogen) atoms. The van der Waals surface area contributed by atoms with E-state index in [2.05, 4.69) is 0 Å². The molecule has 0 fully saturated rings. The molecule has 4 rings (SSSR count). The van der Waals surface area contributed by atoms with E-state index in [1.54, 1.807) is 24.1 Å². The van der Waals surface area contributed by atoms with Crippen LogP contribution in [0.5, 0.6) is 0 Å². The quantitative estimate of drug-likeness (QED) is 0.208. The molecule has 8 heteroatoms. The summed E-state index contributed by atoms with van der Waals surface area (Å²) in [4.78, 5) is 30.3. The highest BCUT2D eigenvalue weighted by Gasteiger charge is 2.23. The van der Waals surface area contributed by atoms with Gasteiger partial charge < -0.3 is 19.1 Å². The van der Waals surface area contributed by atoms with Crippen molar-refractivity contribution < 1.29 is 23.1 Å². The number of carbonyl (C=O) groups excluding carboxylic acids is 2. The third-order valence-corrected chi connectivity index (χ3v) is 6.59. The molecule has 0 spiro atoms. The number of halogens is 2. The lowest BCUT2D eigenvalue weighted by molar-refractivity contribution is -0.133. The Hall–Kier alpha value is -4.30. The van der Waals surface area contributed by atoms with Crippen molar-refractivity contribution in [2.75, 3.05) is 26.8 Å². The fourth-order valence-electron chi connectivity index (χ4n) is 4.46. The van der Waals surface area contributed by atoms with Crippen LogP contribution >= 0.6 is 0 Å². The number of carbonyl (C=O) groups is 2. The molecular formula is C32H33F2N3O3. The van der Waals surface area contributed by atoms with E-state index >= 15 is 0 Å². The third-order valence-electron chi connectivity index (χ3n) is 6.59. The van der Waals surface area contributed by atoms with Crippen LogP contribution in [0.2, 0.25) is 0 Å². The van der Waals surface area contributed by atoms with Crippen LogP contribution in [0.4, 0.5) is 8.78 Å². The van der Waals surface area contributed by atoms with Crippen molar-refractivity contribution in [3.63, 3.8) is 0 Å². The van der Waals surface area contributed by atoms with Crippen LogP contribution in [0, 0.1) is 11.6 Å². The molecule has 4 aromatic rings. The zero-order valence-corrected chi connectivity index (χ0v) is 22.5. The monoisotopic (exact) mass is 545 g/mol. The number of aromatic nitrogens is 1. The van der Waals surface area contributed by atoms with Gasteiger partial charge in [0.15, 0.2) is 0 Å². The number of nitrogens with zero attached hydrogens (tertiary/aromatic N) is 3. The first-order chi connectivity index (χ1) is 19.4. The lowest BCUT2D eigenvalue weighted by Crippen LogP contribution is -2.43. The summed E-state index contributed by atoms with van der Waals surface area (Å²) in [5.74, 6) is -1.28. The van der Waals surface area contributed by atoms with Crippen LogP contribution in [0.25, 0.3) is 0 Å². The number of methoxy groups -OCH3 is 1. The third kappa shape index (κ3) is 8.10. The van der Waals surface area contributed by atoms with E-state index in [4.69, 9.17) is 4.74 Å². The van der Waals surface area contributed by atoms with E-state index < -0.39 is 5.82 Å². The van der Waals surface area contributed by atoms with Crippen LogP contribution in [-0.2, 0) is 29.2 Å². The summed E-state index contributed by atoms with van der Waals surface area (Å²) in [5, 5.41) is 0. The molecule has 0 bridgehead atoms. The SMILES string of the molecule is COCCCN(CC(=O)N(Cc1ccccc1)Cc1cccn1Cc1ccc(F)cc1)C(=O)c1ccc(F)cc1.